The standard InChI is InChI=1S/C11H22N/c1-12(2,3)11-9-7-5-4-6-8-10-11/h4-5,11H,6-10H2,1-3H3/q+1/t11-/m1/s1. The van der Waals surface area contributed by atoms with Crippen molar-refractivity contribution in [1.29, 1.82) is 0 Å². The van der Waals surface area contributed by atoms with Crippen LogP contribution in [0.1, 0.15) is 32.1 Å². The van der Waals surface area contributed by atoms with E-state index in [4.69, 9.17) is 0 Å². The van der Waals surface area contributed by atoms with Gasteiger partial charge < -0.3 is 4.48 Å². The van der Waals surface area contributed by atoms with E-state index in [0.29, 0.717) is 0 Å². The summed E-state index contributed by atoms with van der Waals surface area (Å²) in [5.74, 6) is 0. The SMILES string of the molecule is C[N+](C)(C)[C@@H]1CCC=CCCC1. The summed E-state index contributed by atoms with van der Waals surface area (Å²) in [7, 11) is 6.95. The Labute approximate surface area is 76.7 Å². The molecule has 0 aromatic heterocycles. The van der Waals surface area contributed by atoms with E-state index >= 15 is 0 Å². The lowest BCUT2D eigenvalue weighted by Crippen LogP contribution is -2.45. The minimum Gasteiger partial charge on any atom is -0.328 e. The van der Waals surface area contributed by atoms with Crippen LogP contribution in [0.5, 0.6) is 0 Å². The molecule has 0 N–H and O–H groups in total. The summed E-state index contributed by atoms with van der Waals surface area (Å²) in [6, 6.07) is 0.870. The minimum absolute atomic E-state index is 0.870. The maximum absolute atomic E-state index is 2.35. The van der Waals surface area contributed by atoms with Crippen LogP contribution in [0.2, 0.25) is 0 Å². The van der Waals surface area contributed by atoms with Gasteiger partial charge in [-0.15, -0.1) is 0 Å². The fraction of sp³-hybridized carbons (Fsp3) is 0.818. The Morgan fingerprint density at radius 3 is 2.33 bits per heavy atom. The van der Waals surface area contributed by atoms with Crippen molar-refractivity contribution >= 4 is 0 Å². The minimum atomic E-state index is 0.870. The van der Waals surface area contributed by atoms with Crippen LogP contribution in [-0.2, 0) is 0 Å². The van der Waals surface area contributed by atoms with Crippen molar-refractivity contribution in [3.63, 3.8) is 0 Å². The van der Waals surface area contributed by atoms with Crippen molar-refractivity contribution in [1.82, 2.24) is 0 Å². The largest absolute Gasteiger partial charge is 0.328 e. The van der Waals surface area contributed by atoms with E-state index in [1.165, 1.54) is 32.1 Å². The summed E-state index contributed by atoms with van der Waals surface area (Å²) in [5, 5.41) is 0. The number of nitrogens with zero attached hydrogens (tertiary/aromatic N) is 1. The van der Waals surface area contributed by atoms with Gasteiger partial charge in [-0.05, 0) is 25.7 Å². The molecule has 1 aliphatic rings. The van der Waals surface area contributed by atoms with Gasteiger partial charge in [-0.25, -0.2) is 0 Å². The number of hydrogen-bond donors (Lipinski definition) is 0. The smallest absolute Gasteiger partial charge is 0.0887 e. The van der Waals surface area contributed by atoms with Crippen LogP contribution in [-0.4, -0.2) is 31.7 Å². The van der Waals surface area contributed by atoms with E-state index in [9.17, 15) is 0 Å². The van der Waals surface area contributed by atoms with Crippen LogP contribution in [0, 0.1) is 0 Å². The molecule has 0 bridgehead atoms. The number of rotatable bonds is 1. The molecule has 1 aliphatic carbocycles. The highest BCUT2D eigenvalue weighted by molar-refractivity contribution is 4.85. The highest BCUT2D eigenvalue weighted by Crippen LogP contribution is 2.19. The zero-order chi connectivity index (χ0) is 9.03. The lowest BCUT2D eigenvalue weighted by atomic mass is 9.99. The zero-order valence-corrected chi connectivity index (χ0v) is 8.71. The lowest BCUT2D eigenvalue weighted by molar-refractivity contribution is -0.896. The number of quaternary nitrogens is 1. The van der Waals surface area contributed by atoms with Crippen LogP contribution in [0.25, 0.3) is 0 Å². The molecule has 0 aliphatic heterocycles. The predicted octanol–water partition coefficient (Wildman–Crippen LogP) is 2.58. The molecule has 1 atom stereocenters. The Morgan fingerprint density at radius 2 is 1.67 bits per heavy atom. The summed E-state index contributed by atoms with van der Waals surface area (Å²) in [5.41, 5.74) is 0. The molecule has 0 fully saturated rings. The predicted molar refractivity (Wildman–Crippen MR) is 54.0 cm³/mol. The average molecular weight is 168 g/mol. The van der Waals surface area contributed by atoms with Crippen LogP contribution in [0.15, 0.2) is 12.2 Å². The van der Waals surface area contributed by atoms with Crippen molar-refractivity contribution < 1.29 is 4.48 Å². The van der Waals surface area contributed by atoms with E-state index in [0.717, 1.165) is 10.5 Å². The first-order chi connectivity index (χ1) is 5.61. The molecule has 0 aromatic rings. The Morgan fingerprint density at radius 1 is 1.00 bits per heavy atom. The van der Waals surface area contributed by atoms with Gasteiger partial charge in [-0.1, -0.05) is 12.2 Å². The summed E-state index contributed by atoms with van der Waals surface area (Å²) >= 11 is 0. The van der Waals surface area contributed by atoms with E-state index in [1.54, 1.807) is 0 Å². The van der Waals surface area contributed by atoms with Crippen LogP contribution in [0.3, 0.4) is 0 Å². The highest BCUT2D eigenvalue weighted by Gasteiger charge is 2.22. The monoisotopic (exact) mass is 168 g/mol. The van der Waals surface area contributed by atoms with Gasteiger partial charge in [0.25, 0.3) is 0 Å². The molecule has 0 radical (unpaired) electrons. The fourth-order valence-electron chi connectivity index (χ4n) is 1.91. The molecule has 1 nitrogen and oxygen atoms in total. The van der Waals surface area contributed by atoms with Crippen molar-refractivity contribution in [2.24, 2.45) is 0 Å². The Hall–Kier alpha value is -0.300. The van der Waals surface area contributed by atoms with Gasteiger partial charge in [0.1, 0.15) is 0 Å². The summed E-state index contributed by atoms with van der Waals surface area (Å²) in [6.07, 6.45) is 11.4. The normalized spacial score (nSPS) is 26.4. The zero-order valence-electron chi connectivity index (χ0n) is 8.71. The first kappa shape index (κ1) is 9.79. The third-order valence-electron chi connectivity index (χ3n) is 2.84. The van der Waals surface area contributed by atoms with Gasteiger partial charge in [-0.2, -0.15) is 0 Å². The topological polar surface area (TPSA) is 0 Å². The molecule has 0 heterocycles. The molecule has 0 saturated carbocycles. The number of hydrogen-bond acceptors (Lipinski definition) is 0. The van der Waals surface area contributed by atoms with Gasteiger partial charge in [0.15, 0.2) is 0 Å². The molecule has 0 amide bonds. The molecular weight excluding hydrogens is 146 g/mol. The molecule has 0 aromatic carbocycles. The molecule has 1 rings (SSSR count). The van der Waals surface area contributed by atoms with Crippen LogP contribution >= 0.6 is 0 Å². The van der Waals surface area contributed by atoms with E-state index < -0.39 is 0 Å². The van der Waals surface area contributed by atoms with Crippen molar-refractivity contribution in [3.05, 3.63) is 12.2 Å². The quantitative estimate of drug-likeness (QED) is 0.417. The van der Waals surface area contributed by atoms with Crippen molar-refractivity contribution in [2.45, 2.75) is 38.1 Å². The Bertz CT molecular complexity index is 153. The van der Waals surface area contributed by atoms with Crippen molar-refractivity contribution in [3.8, 4) is 0 Å². The molecule has 0 saturated heterocycles. The Kier molecular flexibility index (Phi) is 3.33. The summed E-state index contributed by atoms with van der Waals surface area (Å²) in [4.78, 5) is 0. The third-order valence-corrected chi connectivity index (χ3v) is 2.84. The second-order valence-corrected chi connectivity index (χ2v) is 4.75. The lowest BCUT2D eigenvalue weighted by Gasteiger charge is -2.34. The van der Waals surface area contributed by atoms with Gasteiger partial charge in [0, 0.05) is 6.42 Å². The molecular formula is C11H22N+. The van der Waals surface area contributed by atoms with Gasteiger partial charge in [0.05, 0.1) is 27.2 Å². The van der Waals surface area contributed by atoms with E-state index in [1.807, 2.05) is 0 Å². The second-order valence-electron chi connectivity index (χ2n) is 4.75. The fourth-order valence-corrected chi connectivity index (χ4v) is 1.91. The van der Waals surface area contributed by atoms with Crippen molar-refractivity contribution in [2.75, 3.05) is 21.1 Å². The second kappa shape index (κ2) is 4.08. The van der Waals surface area contributed by atoms with Gasteiger partial charge in [-0.3, -0.25) is 0 Å². The average Bonchev–Trinajstić information content (AvgIpc) is 1.81. The first-order valence-electron chi connectivity index (χ1n) is 5.07. The molecule has 12 heavy (non-hydrogen) atoms. The maximum Gasteiger partial charge on any atom is 0.0887 e. The maximum atomic E-state index is 2.35. The van der Waals surface area contributed by atoms with Crippen LogP contribution in [0.4, 0.5) is 0 Å². The van der Waals surface area contributed by atoms with Gasteiger partial charge >= 0.3 is 0 Å². The van der Waals surface area contributed by atoms with E-state index in [2.05, 4.69) is 33.3 Å². The highest BCUT2D eigenvalue weighted by atomic mass is 15.3. The molecule has 0 unspecified atom stereocenters. The Balaban J connectivity index is 2.48. The summed E-state index contributed by atoms with van der Waals surface area (Å²) < 4.78 is 1.13. The van der Waals surface area contributed by atoms with Gasteiger partial charge in [0.2, 0.25) is 0 Å². The third kappa shape index (κ3) is 2.98. The molecule has 0 spiro atoms. The number of allylic oxidation sites excluding steroid dienone is 2. The first-order valence-corrected chi connectivity index (χ1v) is 5.07. The molecule has 70 valence electrons. The molecule has 1 heteroatoms. The summed E-state index contributed by atoms with van der Waals surface area (Å²) in [6.45, 7) is 0. The van der Waals surface area contributed by atoms with Crippen LogP contribution < -0.4 is 0 Å². The van der Waals surface area contributed by atoms with E-state index in [-0.39, 0.29) is 0 Å².